The fraction of sp³-hybridized carbons (Fsp3) is 0.529. The number of hydrogen-bond donors (Lipinski definition) is 0. The first-order chi connectivity index (χ1) is 9.91. The largest absolute Gasteiger partial charge is 0.482 e. The molecule has 1 aliphatic rings. The average molecular weight is 286 g/mol. The third-order valence-electron chi connectivity index (χ3n) is 4.12. The first-order valence-electron chi connectivity index (χ1n) is 7.31. The molecule has 1 amide bonds. The van der Waals surface area contributed by atoms with Crippen LogP contribution in [0.25, 0.3) is 0 Å². The fourth-order valence-corrected chi connectivity index (χ4v) is 2.61. The van der Waals surface area contributed by atoms with Gasteiger partial charge in [0.25, 0.3) is 5.91 Å². The van der Waals surface area contributed by atoms with Crippen molar-refractivity contribution in [2.75, 3.05) is 19.7 Å². The number of hydrogen-bond acceptors (Lipinski definition) is 3. The normalized spacial score (nSPS) is 18.4. The zero-order chi connectivity index (χ0) is 15.5. The molecular weight excluding hydrogens is 264 g/mol. The van der Waals surface area contributed by atoms with E-state index >= 15 is 0 Å². The summed E-state index contributed by atoms with van der Waals surface area (Å²) < 4.78 is 5.51. The first-order valence-corrected chi connectivity index (χ1v) is 7.31. The number of likely N-dealkylation sites (tertiary alicyclic amines) is 1. The molecule has 1 aliphatic heterocycles. The lowest BCUT2D eigenvalue weighted by Crippen LogP contribution is -2.34. The third-order valence-corrected chi connectivity index (χ3v) is 4.12. The summed E-state index contributed by atoms with van der Waals surface area (Å²) in [6.07, 6.45) is 1.05. The minimum absolute atomic E-state index is 0.00441. The molecule has 1 aromatic rings. The van der Waals surface area contributed by atoms with Crippen molar-refractivity contribution >= 4 is 5.91 Å². The standard InChI is InChI=1S/C17H22N2O2/c1-17(2,3)14-8-9-19(11-14)16(20)12-21-15-7-5-4-6-13(15)10-18/h4-7,14H,8-9,11-12H2,1-3H3. The molecular formula is C17H22N2O2. The Labute approximate surface area is 126 Å². The molecule has 1 aromatic carbocycles. The maximum Gasteiger partial charge on any atom is 0.260 e. The van der Waals surface area contributed by atoms with Crippen LogP contribution in [0.4, 0.5) is 0 Å². The molecule has 0 aliphatic carbocycles. The van der Waals surface area contributed by atoms with Gasteiger partial charge in [-0.1, -0.05) is 32.9 Å². The summed E-state index contributed by atoms with van der Waals surface area (Å²) >= 11 is 0. The van der Waals surface area contributed by atoms with Gasteiger partial charge in [-0.15, -0.1) is 0 Å². The van der Waals surface area contributed by atoms with E-state index in [-0.39, 0.29) is 17.9 Å². The van der Waals surface area contributed by atoms with Gasteiger partial charge in [0.05, 0.1) is 5.56 Å². The summed E-state index contributed by atoms with van der Waals surface area (Å²) in [6.45, 7) is 8.23. The Balaban J connectivity index is 1.90. The number of rotatable bonds is 3. The van der Waals surface area contributed by atoms with Crippen molar-refractivity contribution in [2.24, 2.45) is 11.3 Å². The van der Waals surface area contributed by atoms with Gasteiger partial charge in [0.15, 0.2) is 6.61 Å². The molecule has 4 heteroatoms. The van der Waals surface area contributed by atoms with Crippen LogP contribution in [0.1, 0.15) is 32.8 Å². The maximum atomic E-state index is 12.2. The number of carbonyl (C=O) groups excluding carboxylic acids is 1. The Hall–Kier alpha value is -2.02. The molecule has 1 fully saturated rings. The zero-order valence-electron chi connectivity index (χ0n) is 12.9. The van der Waals surface area contributed by atoms with Crippen LogP contribution in [-0.4, -0.2) is 30.5 Å². The Kier molecular flexibility index (Phi) is 4.52. The SMILES string of the molecule is CC(C)(C)C1CCN(C(=O)COc2ccccc2C#N)C1. The quantitative estimate of drug-likeness (QED) is 0.858. The van der Waals surface area contributed by atoms with Gasteiger partial charge in [-0.25, -0.2) is 0 Å². The molecule has 1 heterocycles. The molecule has 0 spiro atoms. The van der Waals surface area contributed by atoms with E-state index in [1.165, 1.54) is 0 Å². The topological polar surface area (TPSA) is 53.3 Å². The van der Waals surface area contributed by atoms with Gasteiger partial charge in [0, 0.05) is 13.1 Å². The molecule has 2 rings (SSSR count). The summed E-state index contributed by atoms with van der Waals surface area (Å²) in [6, 6.07) is 9.04. The minimum Gasteiger partial charge on any atom is -0.482 e. The van der Waals surface area contributed by atoms with E-state index in [0.717, 1.165) is 19.5 Å². The van der Waals surface area contributed by atoms with Crippen LogP contribution in [0.5, 0.6) is 5.75 Å². The second kappa shape index (κ2) is 6.17. The number of nitriles is 1. The number of amides is 1. The average Bonchev–Trinajstić information content (AvgIpc) is 2.95. The lowest BCUT2D eigenvalue weighted by Gasteiger charge is -2.27. The third kappa shape index (κ3) is 3.75. The lowest BCUT2D eigenvalue weighted by atomic mass is 9.80. The van der Waals surface area contributed by atoms with Gasteiger partial charge in [-0.2, -0.15) is 5.26 Å². The molecule has 4 nitrogen and oxygen atoms in total. The number of nitrogens with zero attached hydrogens (tertiary/aromatic N) is 2. The van der Waals surface area contributed by atoms with Crippen LogP contribution < -0.4 is 4.74 Å². The molecule has 1 atom stereocenters. The van der Waals surface area contributed by atoms with Crippen LogP contribution >= 0.6 is 0 Å². The molecule has 1 unspecified atom stereocenters. The van der Waals surface area contributed by atoms with E-state index in [0.29, 0.717) is 17.2 Å². The zero-order valence-corrected chi connectivity index (χ0v) is 12.9. The highest BCUT2D eigenvalue weighted by Crippen LogP contribution is 2.33. The Bertz CT molecular complexity index is 555. The van der Waals surface area contributed by atoms with Crippen LogP contribution in [-0.2, 0) is 4.79 Å². The number of carbonyl (C=O) groups is 1. The van der Waals surface area contributed by atoms with Gasteiger partial charge in [0.1, 0.15) is 11.8 Å². The highest BCUT2D eigenvalue weighted by atomic mass is 16.5. The summed E-state index contributed by atoms with van der Waals surface area (Å²) in [5, 5.41) is 8.99. The van der Waals surface area contributed by atoms with Crippen LogP contribution in [0, 0.1) is 22.7 Å². The van der Waals surface area contributed by atoms with Crippen molar-refractivity contribution in [3.8, 4) is 11.8 Å². The van der Waals surface area contributed by atoms with Gasteiger partial charge in [-0.3, -0.25) is 4.79 Å². The predicted octanol–water partition coefficient (Wildman–Crippen LogP) is 2.83. The lowest BCUT2D eigenvalue weighted by molar-refractivity contribution is -0.132. The van der Waals surface area contributed by atoms with E-state index in [1.807, 2.05) is 4.90 Å². The Morgan fingerprint density at radius 3 is 2.76 bits per heavy atom. The second-order valence-electron chi connectivity index (χ2n) is 6.59. The Morgan fingerprint density at radius 1 is 1.43 bits per heavy atom. The van der Waals surface area contributed by atoms with E-state index < -0.39 is 0 Å². The smallest absolute Gasteiger partial charge is 0.260 e. The Morgan fingerprint density at radius 2 is 2.14 bits per heavy atom. The van der Waals surface area contributed by atoms with Crippen LogP contribution in [0.2, 0.25) is 0 Å². The molecule has 21 heavy (non-hydrogen) atoms. The van der Waals surface area contributed by atoms with Crippen molar-refractivity contribution in [2.45, 2.75) is 27.2 Å². The van der Waals surface area contributed by atoms with Crippen molar-refractivity contribution < 1.29 is 9.53 Å². The van der Waals surface area contributed by atoms with Crippen LogP contribution in [0.3, 0.4) is 0 Å². The fourth-order valence-electron chi connectivity index (χ4n) is 2.61. The summed E-state index contributed by atoms with van der Waals surface area (Å²) in [5.41, 5.74) is 0.683. The second-order valence-corrected chi connectivity index (χ2v) is 6.59. The highest BCUT2D eigenvalue weighted by molar-refractivity contribution is 5.78. The van der Waals surface area contributed by atoms with Crippen molar-refractivity contribution in [1.29, 1.82) is 5.26 Å². The number of para-hydroxylation sites is 1. The molecule has 0 aromatic heterocycles. The van der Waals surface area contributed by atoms with Crippen LogP contribution in [0.15, 0.2) is 24.3 Å². The van der Waals surface area contributed by atoms with E-state index in [1.54, 1.807) is 24.3 Å². The van der Waals surface area contributed by atoms with Gasteiger partial charge >= 0.3 is 0 Å². The monoisotopic (exact) mass is 286 g/mol. The minimum atomic E-state index is -0.00510. The van der Waals surface area contributed by atoms with Gasteiger partial charge in [-0.05, 0) is 29.9 Å². The van der Waals surface area contributed by atoms with E-state index in [2.05, 4.69) is 26.8 Å². The van der Waals surface area contributed by atoms with E-state index in [4.69, 9.17) is 10.00 Å². The summed E-state index contributed by atoms with van der Waals surface area (Å²) in [4.78, 5) is 14.1. The number of benzene rings is 1. The van der Waals surface area contributed by atoms with Crippen molar-refractivity contribution in [3.05, 3.63) is 29.8 Å². The highest BCUT2D eigenvalue weighted by Gasteiger charge is 2.33. The van der Waals surface area contributed by atoms with Gasteiger partial charge < -0.3 is 9.64 Å². The molecule has 112 valence electrons. The molecule has 0 N–H and O–H groups in total. The van der Waals surface area contributed by atoms with Gasteiger partial charge in [0.2, 0.25) is 0 Å². The summed E-state index contributed by atoms with van der Waals surface area (Å²) in [5.74, 6) is 1.00. The van der Waals surface area contributed by atoms with Crippen molar-refractivity contribution in [1.82, 2.24) is 4.90 Å². The molecule has 0 bridgehead atoms. The summed E-state index contributed by atoms with van der Waals surface area (Å²) in [7, 11) is 0. The predicted molar refractivity (Wildman–Crippen MR) is 80.8 cm³/mol. The number of ether oxygens (including phenoxy) is 1. The maximum absolute atomic E-state index is 12.2. The molecule has 0 saturated carbocycles. The molecule has 1 saturated heterocycles. The van der Waals surface area contributed by atoms with E-state index in [9.17, 15) is 4.79 Å². The van der Waals surface area contributed by atoms with Crippen molar-refractivity contribution in [3.63, 3.8) is 0 Å². The molecule has 0 radical (unpaired) electrons. The first kappa shape index (κ1) is 15.4.